The second-order valence-electron chi connectivity index (χ2n) is 12.0. The lowest BCUT2D eigenvalue weighted by molar-refractivity contribution is -0.160. The molecule has 7 nitrogen and oxygen atoms in total. The normalized spacial score (nSPS) is 22.9. The Morgan fingerprint density at radius 1 is 1.05 bits per heavy atom. The Kier molecular flexibility index (Phi) is 9.31. The van der Waals surface area contributed by atoms with E-state index >= 15 is 4.39 Å². The SMILES string of the molecule is CCS(=O)(=O)N(C[C@H](C1CC1)N1C(=O)[C@@](C)(CC(=O)O)C[C@H](c2cccc(Cl)c2)C1c1ccc(Cl)cc1)c1ccccc1F. The zero-order chi connectivity index (χ0) is 31.8. The van der Waals surface area contributed by atoms with Crippen molar-refractivity contribution in [1.82, 2.24) is 4.90 Å². The second kappa shape index (κ2) is 12.7. The van der Waals surface area contributed by atoms with Gasteiger partial charge in [0.05, 0.1) is 41.9 Å². The van der Waals surface area contributed by atoms with Crippen LogP contribution in [0.3, 0.4) is 0 Å². The summed E-state index contributed by atoms with van der Waals surface area (Å²) >= 11 is 12.7. The molecule has 3 aromatic rings. The Balaban J connectivity index is 1.72. The summed E-state index contributed by atoms with van der Waals surface area (Å²) in [6.07, 6.45) is 1.31. The highest BCUT2D eigenvalue weighted by Gasteiger charge is 2.55. The van der Waals surface area contributed by atoms with Gasteiger partial charge >= 0.3 is 5.97 Å². The van der Waals surface area contributed by atoms with Gasteiger partial charge in [0.15, 0.2) is 0 Å². The zero-order valence-corrected chi connectivity index (χ0v) is 26.8. The largest absolute Gasteiger partial charge is 0.481 e. The number of sulfonamides is 1. The summed E-state index contributed by atoms with van der Waals surface area (Å²) in [5.74, 6) is -2.90. The fourth-order valence-corrected chi connectivity index (χ4v) is 8.00. The van der Waals surface area contributed by atoms with Gasteiger partial charge < -0.3 is 10.0 Å². The predicted octanol–water partition coefficient (Wildman–Crippen LogP) is 7.31. The highest BCUT2D eigenvalue weighted by molar-refractivity contribution is 7.92. The van der Waals surface area contributed by atoms with Crippen molar-refractivity contribution >= 4 is 50.8 Å². The van der Waals surface area contributed by atoms with Crippen molar-refractivity contribution < 1.29 is 27.5 Å². The maximum absolute atomic E-state index is 15.2. The number of carboxylic acid groups (broad SMARTS) is 1. The van der Waals surface area contributed by atoms with Crippen LogP contribution in [0.5, 0.6) is 0 Å². The maximum atomic E-state index is 15.2. The molecule has 1 unspecified atom stereocenters. The Morgan fingerprint density at radius 2 is 1.73 bits per heavy atom. The molecule has 0 aromatic heterocycles. The summed E-state index contributed by atoms with van der Waals surface area (Å²) < 4.78 is 43.3. The van der Waals surface area contributed by atoms with Crippen LogP contribution in [0.25, 0.3) is 0 Å². The van der Waals surface area contributed by atoms with E-state index in [1.165, 1.54) is 25.1 Å². The van der Waals surface area contributed by atoms with Crippen LogP contribution in [-0.2, 0) is 19.6 Å². The number of aliphatic carboxylic acids is 1. The van der Waals surface area contributed by atoms with Crippen LogP contribution in [0, 0.1) is 17.2 Å². The van der Waals surface area contributed by atoms with Gasteiger partial charge in [0.25, 0.3) is 0 Å². The first-order valence-electron chi connectivity index (χ1n) is 14.6. The van der Waals surface area contributed by atoms with E-state index in [1.807, 2.05) is 30.3 Å². The van der Waals surface area contributed by atoms with Gasteiger partial charge in [-0.25, -0.2) is 12.8 Å². The molecule has 1 aliphatic carbocycles. The molecule has 1 amide bonds. The van der Waals surface area contributed by atoms with Crippen LogP contribution in [0.15, 0.2) is 72.8 Å². The first-order chi connectivity index (χ1) is 20.8. The highest BCUT2D eigenvalue weighted by atomic mass is 35.5. The number of piperidine rings is 1. The predicted molar refractivity (Wildman–Crippen MR) is 170 cm³/mol. The summed E-state index contributed by atoms with van der Waals surface area (Å²) in [6, 6.07) is 18.9. The van der Waals surface area contributed by atoms with E-state index in [-0.39, 0.29) is 42.1 Å². The molecule has 1 heterocycles. The molecule has 44 heavy (non-hydrogen) atoms. The van der Waals surface area contributed by atoms with Crippen LogP contribution in [0.2, 0.25) is 10.0 Å². The molecule has 3 aromatic carbocycles. The standard InChI is InChI=1S/C33H35Cl2FN2O5S/c1-3-44(42,43)37(28-10-5-4-9-27(28)36)20-29(21-11-12-21)38-31(22-13-15-24(34)16-14-22)26(23-7-6-8-25(35)17-23)18-33(2,32(38)41)19-30(39)40/h4-10,13-17,21,26,29,31H,3,11-12,18-20H2,1-2H3,(H,39,40)/t26-,29-,31?,33-/m1/s1. The molecule has 2 aliphatic rings. The Morgan fingerprint density at radius 3 is 2.32 bits per heavy atom. The summed E-state index contributed by atoms with van der Waals surface area (Å²) in [5, 5.41) is 10.9. The van der Waals surface area contributed by atoms with Crippen LogP contribution in [0.4, 0.5) is 10.1 Å². The first kappa shape index (κ1) is 32.3. The number of para-hydroxylation sites is 1. The Labute approximate surface area is 267 Å². The summed E-state index contributed by atoms with van der Waals surface area (Å²) in [7, 11) is -3.97. The van der Waals surface area contributed by atoms with Crippen LogP contribution < -0.4 is 4.31 Å². The highest BCUT2D eigenvalue weighted by Crippen LogP contribution is 2.54. The lowest BCUT2D eigenvalue weighted by atomic mass is 9.67. The minimum Gasteiger partial charge on any atom is -0.481 e. The molecule has 234 valence electrons. The minimum atomic E-state index is -3.97. The van der Waals surface area contributed by atoms with Gasteiger partial charge in [-0.1, -0.05) is 66.5 Å². The molecular formula is C33H35Cl2FN2O5S. The minimum absolute atomic E-state index is 0.0673. The van der Waals surface area contributed by atoms with E-state index in [9.17, 15) is 23.1 Å². The van der Waals surface area contributed by atoms with Crippen molar-refractivity contribution in [3.63, 3.8) is 0 Å². The van der Waals surface area contributed by atoms with E-state index in [0.717, 1.165) is 28.3 Å². The van der Waals surface area contributed by atoms with Gasteiger partial charge in [-0.15, -0.1) is 0 Å². The molecule has 0 radical (unpaired) electrons. The number of likely N-dealkylation sites (tertiary alicyclic amines) is 1. The van der Waals surface area contributed by atoms with Crippen LogP contribution >= 0.6 is 23.2 Å². The summed E-state index contributed by atoms with van der Waals surface area (Å²) in [4.78, 5) is 28.6. The maximum Gasteiger partial charge on any atom is 0.304 e. The van der Waals surface area contributed by atoms with Gasteiger partial charge in [0.2, 0.25) is 15.9 Å². The van der Waals surface area contributed by atoms with Crippen molar-refractivity contribution in [2.75, 3.05) is 16.6 Å². The molecule has 5 rings (SSSR count). The number of carbonyl (C=O) groups is 2. The molecule has 2 fully saturated rings. The fourth-order valence-electron chi connectivity index (χ4n) is 6.53. The van der Waals surface area contributed by atoms with Crippen molar-refractivity contribution in [3.05, 3.63) is 99.8 Å². The molecule has 1 aliphatic heterocycles. The molecule has 4 atom stereocenters. The number of nitrogens with zero attached hydrogens (tertiary/aromatic N) is 2. The number of benzene rings is 3. The van der Waals surface area contributed by atoms with Crippen molar-refractivity contribution in [2.45, 2.75) is 57.5 Å². The van der Waals surface area contributed by atoms with Gasteiger partial charge in [-0.05, 0) is 79.6 Å². The van der Waals surface area contributed by atoms with Crippen LogP contribution in [-0.4, -0.2) is 48.6 Å². The molecule has 11 heteroatoms. The fraction of sp³-hybridized carbons (Fsp3) is 0.394. The lowest BCUT2D eigenvalue weighted by Gasteiger charge is -2.52. The van der Waals surface area contributed by atoms with E-state index in [2.05, 4.69) is 0 Å². The molecule has 1 saturated carbocycles. The van der Waals surface area contributed by atoms with Gasteiger partial charge in [-0.3, -0.25) is 13.9 Å². The summed E-state index contributed by atoms with van der Waals surface area (Å²) in [5.41, 5.74) is 0.202. The zero-order valence-electron chi connectivity index (χ0n) is 24.5. The quantitative estimate of drug-likeness (QED) is 0.233. The lowest BCUT2D eigenvalue weighted by Crippen LogP contribution is -2.59. The van der Waals surface area contributed by atoms with Crippen LogP contribution in [0.1, 0.15) is 62.6 Å². The topological polar surface area (TPSA) is 95.0 Å². The Bertz CT molecular complexity index is 1650. The van der Waals surface area contributed by atoms with E-state index in [0.29, 0.717) is 10.0 Å². The van der Waals surface area contributed by atoms with E-state index < -0.39 is 45.7 Å². The number of hydrogen-bond acceptors (Lipinski definition) is 4. The number of carboxylic acids is 1. The third kappa shape index (κ3) is 6.60. The molecule has 0 spiro atoms. The summed E-state index contributed by atoms with van der Waals surface area (Å²) in [6.45, 7) is 2.98. The smallest absolute Gasteiger partial charge is 0.304 e. The monoisotopic (exact) mass is 660 g/mol. The van der Waals surface area contributed by atoms with E-state index in [4.69, 9.17) is 23.2 Å². The van der Waals surface area contributed by atoms with Crippen molar-refractivity contribution in [3.8, 4) is 0 Å². The second-order valence-corrected chi connectivity index (χ2v) is 15.0. The number of amides is 1. The van der Waals surface area contributed by atoms with Gasteiger partial charge in [-0.2, -0.15) is 0 Å². The number of carbonyl (C=O) groups excluding carboxylic acids is 1. The number of anilines is 1. The first-order valence-corrected chi connectivity index (χ1v) is 17.0. The third-order valence-electron chi connectivity index (χ3n) is 8.83. The third-order valence-corrected chi connectivity index (χ3v) is 11.1. The average molecular weight is 662 g/mol. The molecule has 0 bridgehead atoms. The number of rotatable bonds is 11. The van der Waals surface area contributed by atoms with Crippen molar-refractivity contribution in [1.29, 1.82) is 0 Å². The average Bonchev–Trinajstić information content (AvgIpc) is 3.81. The Hall–Kier alpha value is -3.14. The number of halogens is 3. The number of hydrogen-bond donors (Lipinski definition) is 1. The molecule has 1 N–H and O–H groups in total. The van der Waals surface area contributed by atoms with E-state index in [1.54, 1.807) is 36.1 Å². The van der Waals surface area contributed by atoms with Crippen molar-refractivity contribution in [2.24, 2.45) is 11.3 Å². The molecule has 1 saturated heterocycles. The van der Waals surface area contributed by atoms with Gasteiger partial charge in [0.1, 0.15) is 5.82 Å². The molecular weight excluding hydrogens is 626 g/mol. The van der Waals surface area contributed by atoms with Gasteiger partial charge in [0, 0.05) is 16.0 Å².